The molecule has 0 saturated heterocycles. The molecule has 2 saturated carbocycles. The fraction of sp³-hybridized carbons (Fsp3) is 0.941. The Morgan fingerprint density at radius 2 is 1.37 bits per heavy atom. The van der Waals surface area contributed by atoms with Crippen LogP contribution in [0, 0.1) is 23.7 Å². The van der Waals surface area contributed by atoms with E-state index < -0.39 is 0 Å². The van der Waals surface area contributed by atoms with Gasteiger partial charge in [-0.1, -0.05) is 32.6 Å². The first-order chi connectivity index (χ1) is 9.19. The maximum atomic E-state index is 11.0. The normalized spacial score (nSPS) is 36.1. The molecule has 0 radical (unpaired) electrons. The molecule has 0 spiro atoms. The maximum absolute atomic E-state index is 11.0. The van der Waals surface area contributed by atoms with E-state index in [0.717, 1.165) is 17.8 Å². The molecule has 0 amide bonds. The Balaban J connectivity index is 1.69. The smallest absolute Gasteiger partial charge is 0.221 e. The van der Waals surface area contributed by atoms with Crippen molar-refractivity contribution >= 4 is 16.8 Å². The molecular weight excluding hydrogens is 256 g/mol. The summed E-state index contributed by atoms with van der Waals surface area (Å²) in [7, 11) is 0. The second kappa shape index (κ2) is 7.67. The summed E-state index contributed by atoms with van der Waals surface area (Å²) in [6.45, 7) is 2.31. The summed E-state index contributed by atoms with van der Waals surface area (Å²) in [6, 6.07) is 0. The number of carbonyl (C=O) groups is 1. The summed E-state index contributed by atoms with van der Waals surface area (Å²) < 4.78 is 0. The fourth-order valence-electron chi connectivity index (χ4n) is 4.45. The minimum Gasteiger partial charge on any atom is -0.281 e. The lowest BCUT2D eigenvalue weighted by molar-refractivity contribution is -0.112. The number of hydrogen-bond donors (Lipinski definition) is 0. The van der Waals surface area contributed by atoms with E-state index in [1.54, 1.807) is 0 Å². The highest BCUT2D eigenvalue weighted by atomic mass is 35.5. The van der Waals surface area contributed by atoms with Gasteiger partial charge in [0.25, 0.3) is 0 Å². The Labute approximate surface area is 123 Å². The van der Waals surface area contributed by atoms with Crippen LogP contribution in [0.25, 0.3) is 0 Å². The van der Waals surface area contributed by atoms with Gasteiger partial charge in [0.2, 0.25) is 5.24 Å². The average Bonchev–Trinajstić information content (AvgIpc) is 2.40. The second-order valence-corrected chi connectivity index (χ2v) is 7.33. The SMILES string of the molecule is CCCC1CCC(C2CCC(CC(=O)Cl)CC2)CC1. The van der Waals surface area contributed by atoms with Crippen LogP contribution in [0.1, 0.15) is 77.6 Å². The van der Waals surface area contributed by atoms with Gasteiger partial charge in [-0.25, -0.2) is 0 Å². The minimum atomic E-state index is -0.136. The van der Waals surface area contributed by atoms with E-state index in [0.29, 0.717) is 12.3 Å². The van der Waals surface area contributed by atoms with E-state index >= 15 is 0 Å². The van der Waals surface area contributed by atoms with Crippen molar-refractivity contribution in [2.24, 2.45) is 23.7 Å². The first kappa shape index (κ1) is 15.4. The van der Waals surface area contributed by atoms with E-state index in [1.165, 1.54) is 64.2 Å². The third-order valence-electron chi connectivity index (χ3n) is 5.60. The van der Waals surface area contributed by atoms with Crippen LogP contribution in [0.5, 0.6) is 0 Å². The third-order valence-corrected chi connectivity index (χ3v) is 5.75. The summed E-state index contributed by atoms with van der Waals surface area (Å²) in [5.41, 5.74) is 0. The van der Waals surface area contributed by atoms with Crippen LogP contribution in [0.2, 0.25) is 0 Å². The van der Waals surface area contributed by atoms with Crippen LogP contribution < -0.4 is 0 Å². The number of hydrogen-bond acceptors (Lipinski definition) is 1. The third kappa shape index (κ3) is 4.77. The first-order valence-corrected chi connectivity index (χ1v) is 8.75. The molecule has 2 aliphatic carbocycles. The zero-order valence-corrected chi connectivity index (χ0v) is 13.1. The molecule has 0 aromatic carbocycles. The molecule has 0 bridgehead atoms. The zero-order chi connectivity index (χ0) is 13.7. The van der Waals surface area contributed by atoms with Crippen molar-refractivity contribution in [3.63, 3.8) is 0 Å². The van der Waals surface area contributed by atoms with Gasteiger partial charge in [-0.15, -0.1) is 0 Å². The van der Waals surface area contributed by atoms with Crippen molar-refractivity contribution < 1.29 is 4.79 Å². The molecular formula is C17H29ClO. The van der Waals surface area contributed by atoms with Gasteiger partial charge in [0.15, 0.2) is 0 Å². The second-order valence-electron chi connectivity index (χ2n) is 6.91. The molecule has 0 unspecified atom stereocenters. The van der Waals surface area contributed by atoms with E-state index in [-0.39, 0.29) is 5.24 Å². The summed E-state index contributed by atoms with van der Waals surface area (Å²) in [5.74, 6) is 3.54. The molecule has 2 aliphatic rings. The highest BCUT2D eigenvalue weighted by Gasteiger charge is 2.30. The van der Waals surface area contributed by atoms with Gasteiger partial charge in [0.05, 0.1) is 0 Å². The monoisotopic (exact) mass is 284 g/mol. The molecule has 2 rings (SSSR count). The molecule has 0 heterocycles. The standard InChI is InChI=1S/C17H29ClO/c1-2-3-13-4-8-15(9-5-13)16-10-6-14(7-11-16)12-17(18)19/h13-16H,2-12H2,1H3. The summed E-state index contributed by atoms with van der Waals surface area (Å²) in [4.78, 5) is 11.0. The summed E-state index contributed by atoms with van der Waals surface area (Å²) in [5, 5.41) is -0.136. The van der Waals surface area contributed by atoms with E-state index in [4.69, 9.17) is 11.6 Å². The molecule has 0 aromatic rings. The lowest BCUT2D eigenvalue weighted by Gasteiger charge is -2.37. The van der Waals surface area contributed by atoms with Crippen LogP contribution in [-0.2, 0) is 4.79 Å². The number of rotatable bonds is 5. The summed E-state index contributed by atoms with van der Waals surface area (Å²) in [6.07, 6.45) is 14.4. The zero-order valence-electron chi connectivity index (χ0n) is 12.4. The first-order valence-electron chi connectivity index (χ1n) is 8.37. The molecule has 19 heavy (non-hydrogen) atoms. The minimum absolute atomic E-state index is 0.136. The number of halogens is 1. The quantitative estimate of drug-likeness (QED) is 0.605. The highest BCUT2D eigenvalue weighted by molar-refractivity contribution is 6.63. The molecule has 0 aromatic heterocycles. The molecule has 0 N–H and O–H groups in total. The van der Waals surface area contributed by atoms with Gasteiger partial charge in [-0.2, -0.15) is 0 Å². The van der Waals surface area contributed by atoms with Crippen molar-refractivity contribution in [3.05, 3.63) is 0 Å². The molecule has 2 fully saturated rings. The summed E-state index contributed by atoms with van der Waals surface area (Å²) >= 11 is 5.50. The van der Waals surface area contributed by atoms with Gasteiger partial charge < -0.3 is 0 Å². The van der Waals surface area contributed by atoms with Crippen LogP contribution in [0.3, 0.4) is 0 Å². The van der Waals surface area contributed by atoms with Gasteiger partial charge in [-0.05, 0) is 73.8 Å². The van der Waals surface area contributed by atoms with Crippen molar-refractivity contribution in [1.82, 2.24) is 0 Å². The molecule has 1 nitrogen and oxygen atoms in total. The van der Waals surface area contributed by atoms with E-state index in [1.807, 2.05) is 0 Å². The lowest BCUT2D eigenvalue weighted by Crippen LogP contribution is -2.26. The molecule has 0 aliphatic heterocycles. The van der Waals surface area contributed by atoms with Crippen molar-refractivity contribution in [2.45, 2.75) is 77.6 Å². The van der Waals surface area contributed by atoms with Gasteiger partial charge in [-0.3, -0.25) is 4.79 Å². The van der Waals surface area contributed by atoms with Crippen molar-refractivity contribution in [1.29, 1.82) is 0 Å². The Kier molecular flexibility index (Phi) is 6.19. The predicted molar refractivity (Wildman–Crippen MR) is 81.3 cm³/mol. The Bertz CT molecular complexity index is 273. The highest BCUT2D eigenvalue weighted by Crippen LogP contribution is 2.42. The molecule has 110 valence electrons. The van der Waals surface area contributed by atoms with E-state index in [9.17, 15) is 4.79 Å². The van der Waals surface area contributed by atoms with Gasteiger partial charge in [0.1, 0.15) is 0 Å². The van der Waals surface area contributed by atoms with Crippen LogP contribution in [-0.4, -0.2) is 5.24 Å². The van der Waals surface area contributed by atoms with Crippen LogP contribution in [0.4, 0.5) is 0 Å². The van der Waals surface area contributed by atoms with E-state index in [2.05, 4.69) is 6.92 Å². The average molecular weight is 285 g/mol. The Morgan fingerprint density at radius 3 is 1.79 bits per heavy atom. The van der Waals surface area contributed by atoms with Crippen LogP contribution in [0.15, 0.2) is 0 Å². The Hall–Kier alpha value is -0.0400. The maximum Gasteiger partial charge on any atom is 0.221 e. The van der Waals surface area contributed by atoms with Crippen molar-refractivity contribution in [2.75, 3.05) is 0 Å². The lowest BCUT2D eigenvalue weighted by atomic mass is 9.68. The fourth-order valence-corrected chi connectivity index (χ4v) is 4.67. The molecule has 2 heteroatoms. The topological polar surface area (TPSA) is 17.1 Å². The van der Waals surface area contributed by atoms with Crippen molar-refractivity contribution in [3.8, 4) is 0 Å². The van der Waals surface area contributed by atoms with Crippen LogP contribution >= 0.6 is 11.6 Å². The van der Waals surface area contributed by atoms with Gasteiger partial charge >= 0.3 is 0 Å². The molecule has 0 atom stereocenters. The largest absolute Gasteiger partial charge is 0.281 e. The Morgan fingerprint density at radius 1 is 0.895 bits per heavy atom. The van der Waals surface area contributed by atoms with Gasteiger partial charge in [0, 0.05) is 6.42 Å². The predicted octanol–water partition coefficient (Wildman–Crippen LogP) is 5.55. The number of carbonyl (C=O) groups excluding carboxylic acids is 1.